The first-order chi connectivity index (χ1) is 10.0. The van der Waals surface area contributed by atoms with Crippen LogP contribution in [-0.2, 0) is 15.9 Å². The van der Waals surface area contributed by atoms with Gasteiger partial charge in [0, 0.05) is 29.7 Å². The molecule has 0 radical (unpaired) electrons. The molecule has 21 heavy (non-hydrogen) atoms. The first-order valence-corrected chi connectivity index (χ1v) is 7.64. The van der Waals surface area contributed by atoms with Crippen LogP contribution in [0.1, 0.15) is 26.3 Å². The monoisotopic (exact) mass is 288 g/mol. The zero-order valence-electron chi connectivity index (χ0n) is 13.0. The van der Waals surface area contributed by atoms with Crippen LogP contribution in [0.2, 0.25) is 0 Å². The molecule has 1 aromatic carbocycles. The highest BCUT2D eigenvalue weighted by molar-refractivity contribution is 5.83. The van der Waals surface area contributed by atoms with Crippen molar-refractivity contribution in [3.05, 3.63) is 36.0 Å². The van der Waals surface area contributed by atoms with E-state index in [0.717, 1.165) is 13.0 Å². The van der Waals surface area contributed by atoms with E-state index >= 15 is 0 Å². The lowest BCUT2D eigenvalue weighted by atomic mass is 10.1. The van der Waals surface area contributed by atoms with E-state index in [0.29, 0.717) is 12.6 Å². The molecule has 2 atom stereocenters. The number of H-pyrrole nitrogens is 1. The molecule has 1 aromatic heterocycles. The lowest BCUT2D eigenvalue weighted by Gasteiger charge is -2.19. The van der Waals surface area contributed by atoms with Crippen LogP contribution in [0.25, 0.3) is 10.9 Å². The maximum absolute atomic E-state index is 5.81. The maximum Gasteiger partial charge on any atom is 0.163 e. The van der Waals surface area contributed by atoms with E-state index < -0.39 is 5.79 Å². The van der Waals surface area contributed by atoms with E-state index in [1.165, 1.54) is 16.5 Å². The average Bonchev–Trinajstić information content (AvgIpc) is 3.01. The van der Waals surface area contributed by atoms with Gasteiger partial charge < -0.3 is 19.8 Å². The van der Waals surface area contributed by atoms with Crippen LogP contribution >= 0.6 is 0 Å². The second-order valence-corrected chi connectivity index (χ2v) is 6.32. The van der Waals surface area contributed by atoms with E-state index in [9.17, 15) is 0 Å². The number of fused-ring (bicyclic) bond motifs is 1. The largest absolute Gasteiger partial charge is 0.361 e. The van der Waals surface area contributed by atoms with Gasteiger partial charge in [0.25, 0.3) is 0 Å². The molecule has 0 amide bonds. The first-order valence-electron chi connectivity index (χ1n) is 7.64. The summed E-state index contributed by atoms with van der Waals surface area (Å²) in [5.74, 6) is -0.438. The van der Waals surface area contributed by atoms with Crippen LogP contribution in [0.5, 0.6) is 0 Å². The van der Waals surface area contributed by atoms with Gasteiger partial charge in [-0.1, -0.05) is 18.2 Å². The predicted octanol–water partition coefficient (Wildman–Crippen LogP) is 2.84. The van der Waals surface area contributed by atoms with Crippen LogP contribution in [0.3, 0.4) is 0 Å². The summed E-state index contributed by atoms with van der Waals surface area (Å²) in [7, 11) is 0. The van der Waals surface area contributed by atoms with Crippen LogP contribution in [0.4, 0.5) is 0 Å². The molecule has 1 aliphatic rings. The predicted molar refractivity (Wildman–Crippen MR) is 84.4 cm³/mol. The molecule has 0 bridgehead atoms. The van der Waals surface area contributed by atoms with Crippen molar-refractivity contribution >= 4 is 10.9 Å². The van der Waals surface area contributed by atoms with Crippen molar-refractivity contribution in [1.29, 1.82) is 0 Å². The Morgan fingerprint density at radius 2 is 2.19 bits per heavy atom. The molecular formula is C17H24N2O2. The van der Waals surface area contributed by atoms with E-state index in [1.54, 1.807) is 0 Å². The van der Waals surface area contributed by atoms with Gasteiger partial charge in [-0.05, 0) is 38.8 Å². The van der Waals surface area contributed by atoms with Gasteiger partial charge in [-0.2, -0.15) is 0 Å². The van der Waals surface area contributed by atoms with Gasteiger partial charge in [0.2, 0.25) is 0 Å². The normalized spacial score (nSPS) is 22.7. The lowest BCUT2D eigenvalue weighted by Crippen LogP contribution is -2.36. The van der Waals surface area contributed by atoms with Crippen molar-refractivity contribution in [2.45, 2.75) is 45.1 Å². The lowest BCUT2D eigenvalue weighted by molar-refractivity contribution is -0.137. The smallest absolute Gasteiger partial charge is 0.163 e. The minimum Gasteiger partial charge on any atom is -0.361 e. The molecule has 2 aromatic rings. The Bertz CT molecular complexity index is 606. The van der Waals surface area contributed by atoms with Crippen molar-refractivity contribution in [3.63, 3.8) is 0 Å². The Morgan fingerprint density at radius 3 is 2.95 bits per heavy atom. The minimum atomic E-state index is -0.438. The summed E-state index contributed by atoms with van der Waals surface area (Å²) in [6.07, 6.45) is 3.26. The summed E-state index contributed by atoms with van der Waals surface area (Å²) in [4.78, 5) is 3.33. The van der Waals surface area contributed by atoms with Crippen molar-refractivity contribution in [2.24, 2.45) is 0 Å². The molecule has 4 heteroatoms. The third-order valence-corrected chi connectivity index (χ3v) is 3.96. The summed E-state index contributed by atoms with van der Waals surface area (Å²) in [5, 5.41) is 4.86. The highest BCUT2D eigenvalue weighted by Crippen LogP contribution is 2.22. The Morgan fingerprint density at radius 1 is 1.38 bits per heavy atom. The fourth-order valence-electron chi connectivity index (χ4n) is 2.90. The molecule has 2 heterocycles. The number of rotatable bonds is 5. The molecule has 114 valence electrons. The second kappa shape index (κ2) is 5.79. The highest BCUT2D eigenvalue weighted by Gasteiger charge is 2.32. The summed E-state index contributed by atoms with van der Waals surface area (Å²) in [5.41, 5.74) is 2.56. The van der Waals surface area contributed by atoms with Gasteiger partial charge >= 0.3 is 0 Å². The molecule has 3 rings (SSSR count). The van der Waals surface area contributed by atoms with Crippen molar-refractivity contribution in [1.82, 2.24) is 10.3 Å². The Labute approximate surface area is 125 Å². The topological polar surface area (TPSA) is 46.3 Å². The molecular weight excluding hydrogens is 264 g/mol. The van der Waals surface area contributed by atoms with Crippen LogP contribution in [0.15, 0.2) is 30.5 Å². The van der Waals surface area contributed by atoms with Gasteiger partial charge in [-0.25, -0.2) is 0 Å². The summed E-state index contributed by atoms with van der Waals surface area (Å²) in [6, 6.07) is 8.83. The summed E-state index contributed by atoms with van der Waals surface area (Å²) < 4.78 is 11.4. The van der Waals surface area contributed by atoms with Gasteiger partial charge in [-0.15, -0.1) is 0 Å². The molecule has 1 fully saturated rings. The number of hydrogen-bond donors (Lipinski definition) is 2. The molecule has 0 aliphatic carbocycles. The van der Waals surface area contributed by atoms with Gasteiger partial charge in [0.15, 0.2) is 5.79 Å². The highest BCUT2D eigenvalue weighted by atomic mass is 16.7. The van der Waals surface area contributed by atoms with E-state index in [2.05, 4.69) is 47.7 Å². The zero-order valence-corrected chi connectivity index (χ0v) is 13.0. The molecule has 0 saturated carbocycles. The number of aromatic amines is 1. The van der Waals surface area contributed by atoms with Gasteiger partial charge in [0.1, 0.15) is 0 Å². The number of ether oxygens (including phenoxy) is 2. The molecule has 1 saturated heterocycles. The standard InChI is InChI=1S/C17H24N2O2/c1-12(18-10-14-11-20-17(2,3)21-14)8-13-9-19-16-7-5-4-6-15(13)16/h4-7,9,12,14,18-19H,8,10-11H2,1-3H3/t12?,14-/m0/s1. The minimum absolute atomic E-state index is 0.144. The fourth-order valence-corrected chi connectivity index (χ4v) is 2.90. The second-order valence-electron chi connectivity index (χ2n) is 6.32. The summed E-state index contributed by atoms with van der Waals surface area (Å²) >= 11 is 0. The van der Waals surface area contributed by atoms with Crippen molar-refractivity contribution in [3.8, 4) is 0 Å². The number of hydrogen-bond acceptors (Lipinski definition) is 3. The number of benzene rings is 1. The average molecular weight is 288 g/mol. The van der Waals surface area contributed by atoms with Crippen molar-refractivity contribution in [2.75, 3.05) is 13.2 Å². The van der Waals surface area contributed by atoms with Gasteiger partial charge in [0.05, 0.1) is 12.7 Å². The van der Waals surface area contributed by atoms with Crippen molar-refractivity contribution < 1.29 is 9.47 Å². The first kappa shape index (κ1) is 14.6. The molecule has 0 spiro atoms. The number of para-hydroxylation sites is 1. The Hall–Kier alpha value is -1.36. The van der Waals surface area contributed by atoms with Crippen LogP contribution < -0.4 is 5.32 Å². The van der Waals surface area contributed by atoms with E-state index in [4.69, 9.17) is 9.47 Å². The number of nitrogens with one attached hydrogen (secondary N) is 2. The molecule has 2 N–H and O–H groups in total. The Kier molecular flexibility index (Phi) is 4.02. The fraction of sp³-hybridized carbons (Fsp3) is 0.529. The van der Waals surface area contributed by atoms with E-state index in [-0.39, 0.29) is 6.10 Å². The molecule has 1 unspecified atom stereocenters. The number of aromatic nitrogens is 1. The van der Waals surface area contributed by atoms with E-state index in [1.807, 2.05) is 13.8 Å². The SMILES string of the molecule is CC(Cc1c[nH]c2ccccc12)NC[C@H]1COC(C)(C)O1. The third-order valence-electron chi connectivity index (χ3n) is 3.96. The third kappa shape index (κ3) is 3.46. The maximum atomic E-state index is 5.81. The Balaban J connectivity index is 1.54. The zero-order chi connectivity index (χ0) is 14.9. The molecule has 1 aliphatic heterocycles. The quantitative estimate of drug-likeness (QED) is 0.889. The van der Waals surface area contributed by atoms with Crippen LogP contribution in [-0.4, -0.2) is 36.1 Å². The molecule has 4 nitrogen and oxygen atoms in total. The van der Waals surface area contributed by atoms with Crippen LogP contribution in [0, 0.1) is 0 Å². The van der Waals surface area contributed by atoms with Gasteiger partial charge in [-0.3, -0.25) is 0 Å². The summed E-state index contributed by atoms with van der Waals surface area (Å²) in [6.45, 7) is 7.63.